The quantitative estimate of drug-likeness (QED) is 0.179. The van der Waals surface area contributed by atoms with Crippen LogP contribution in [0.2, 0.25) is 0 Å². The number of pyridine rings is 2. The topological polar surface area (TPSA) is 35.6 Å². The maximum atomic E-state index is 4.77. The molecule has 0 amide bonds. The molecule has 5 aromatic heterocycles. The van der Waals surface area contributed by atoms with Crippen molar-refractivity contribution in [2.75, 3.05) is 0 Å². The van der Waals surface area contributed by atoms with E-state index in [-0.39, 0.29) is 0 Å². The largest absolute Gasteiger partial charge is 0.308 e. The molecule has 1 aliphatic rings. The van der Waals surface area contributed by atoms with Crippen LogP contribution >= 0.6 is 11.3 Å². The minimum Gasteiger partial charge on any atom is -0.308 e. The van der Waals surface area contributed by atoms with E-state index >= 15 is 0 Å². The molecular weight excluding hydrogens is 725 g/mol. The molecule has 5 heteroatoms. The first kappa shape index (κ1) is 31.8. The Morgan fingerprint density at radius 2 is 0.897 bits per heavy atom. The highest BCUT2D eigenvalue weighted by atomic mass is 32.1. The molecule has 0 N–H and O–H groups in total. The summed E-state index contributed by atoms with van der Waals surface area (Å²) < 4.78 is 7.30. The van der Waals surface area contributed by atoms with Gasteiger partial charge in [0, 0.05) is 54.7 Å². The molecule has 58 heavy (non-hydrogen) atoms. The van der Waals surface area contributed by atoms with Gasteiger partial charge < -0.3 is 9.13 Å². The summed E-state index contributed by atoms with van der Waals surface area (Å²) in [5.74, 6) is 0. The van der Waals surface area contributed by atoms with Crippen LogP contribution in [0.3, 0.4) is 0 Å². The second-order valence-corrected chi connectivity index (χ2v) is 16.5. The van der Waals surface area contributed by atoms with Gasteiger partial charge in [0.2, 0.25) is 0 Å². The third kappa shape index (κ3) is 4.62. The second-order valence-electron chi connectivity index (χ2n) is 15.4. The lowest BCUT2D eigenvalue weighted by atomic mass is 9.95. The van der Waals surface area contributed by atoms with Crippen molar-refractivity contribution in [3.05, 3.63) is 193 Å². The van der Waals surface area contributed by atoms with E-state index in [1.807, 2.05) is 35.9 Å². The van der Waals surface area contributed by atoms with E-state index in [0.717, 1.165) is 39.9 Å². The summed E-state index contributed by atoms with van der Waals surface area (Å²) in [6.45, 7) is 0. The van der Waals surface area contributed by atoms with Crippen molar-refractivity contribution in [2.45, 2.75) is 6.42 Å². The highest BCUT2D eigenvalue weighted by Gasteiger charge is 2.22. The van der Waals surface area contributed by atoms with Crippen LogP contribution in [0.15, 0.2) is 182 Å². The van der Waals surface area contributed by atoms with Gasteiger partial charge in [0.1, 0.15) is 0 Å². The standard InChI is InChI=1S/C53H32N4S/c1-3-12-46-40(10-1)52-48(14-6-24-54-52)56(46)38-20-18-37-27-36-17-16-34(28-42(36)43(37)30-38)32-8-5-9-33(26-32)35-19-22-50-44(29-35)45-31-39(21-23-51(45)58-50)57-47-13-4-2-11-41(47)53-49(57)15-7-25-55-53/h1-26,28-31H,27H2. The van der Waals surface area contributed by atoms with E-state index in [2.05, 4.69) is 167 Å². The molecule has 12 aromatic rings. The van der Waals surface area contributed by atoms with Crippen molar-refractivity contribution in [1.29, 1.82) is 0 Å². The van der Waals surface area contributed by atoms with Gasteiger partial charge in [-0.05, 0) is 142 Å². The number of para-hydroxylation sites is 2. The van der Waals surface area contributed by atoms with Crippen LogP contribution in [0, 0.1) is 0 Å². The van der Waals surface area contributed by atoms with E-state index in [9.17, 15) is 0 Å². The smallest absolute Gasteiger partial charge is 0.0963 e. The van der Waals surface area contributed by atoms with E-state index in [1.54, 1.807) is 0 Å². The molecule has 13 rings (SSSR count). The van der Waals surface area contributed by atoms with E-state index in [0.29, 0.717) is 0 Å². The molecule has 0 spiro atoms. The molecule has 0 saturated heterocycles. The second kappa shape index (κ2) is 12.1. The maximum Gasteiger partial charge on any atom is 0.0963 e. The number of fused-ring (bicyclic) bond motifs is 12. The Balaban J connectivity index is 0.889. The molecule has 7 aromatic carbocycles. The van der Waals surface area contributed by atoms with Crippen LogP contribution in [0.1, 0.15) is 11.1 Å². The summed E-state index contributed by atoms with van der Waals surface area (Å²) in [6, 6.07) is 62.4. The van der Waals surface area contributed by atoms with Crippen molar-refractivity contribution >= 4 is 75.4 Å². The van der Waals surface area contributed by atoms with Gasteiger partial charge in [-0.1, -0.05) is 78.9 Å². The fraction of sp³-hybridized carbons (Fsp3) is 0.0189. The van der Waals surface area contributed by atoms with Crippen molar-refractivity contribution in [3.8, 4) is 44.8 Å². The Labute approximate surface area is 337 Å². The maximum absolute atomic E-state index is 4.77. The predicted molar refractivity (Wildman–Crippen MR) is 243 cm³/mol. The summed E-state index contributed by atoms with van der Waals surface area (Å²) in [5.41, 5.74) is 19.2. The molecule has 0 radical (unpaired) electrons. The first-order chi connectivity index (χ1) is 28.7. The average molecular weight is 757 g/mol. The Kier molecular flexibility index (Phi) is 6.63. The molecule has 0 bridgehead atoms. The Hall–Kier alpha value is -7.34. The lowest BCUT2D eigenvalue weighted by molar-refractivity contribution is 1.17. The van der Waals surface area contributed by atoms with Gasteiger partial charge in [-0.2, -0.15) is 0 Å². The van der Waals surface area contributed by atoms with Crippen LogP contribution in [0.4, 0.5) is 0 Å². The first-order valence-electron chi connectivity index (χ1n) is 19.8. The number of benzene rings is 7. The lowest BCUT2D eigenvalue weighted by Gasteiger charge is -2.11. The van der Waals surface area contributed by atoms with E-state index in [4.69, 9.17) is 9.97 Å². The number of nitrogens with zero attached hydrogens (tertiary/aromatic N) is 4. The molecule has 0 aliphatic heterocycles. The Bertz CT molecular complexity index is 3570. The zero-order chi connectivity index (χ0) is 37.9. The lowest BCUT2D eigenvalue weighted by Crippen LogP contribution is -1.95. The predicted octanol–water partition coefficient (Wildman–Crippen LogP) is 13.9. The fourth-order valence-corrected chi connectivity index (χ4v) is 10.6. The number of aromatic nitrogens is 4. The third-order valence-electron chi connectivity index (χ3n) is 12.2. The van der Waals surface area contributed by atoms with Gasteiger partial charge in [0.15, 0.2) is 0 Å². The van der Waals surface area contributed by atoms with Crippen LogP contribution < -0.4 is 0 Å². The van der Waals surface area contributed by atoms with Gasteiger partial charge in [0.05, 0.1) is 33.1 Å². The molecular formula is C53H32N4S. The number of rotatable bonds is 4. The van der Waals surface area contributed by atoms with Crippen molar-refractivity contribution < 1.29 is 0 Å². The Morgan fingerprint density at radius 1 is 0.379 bits per heavy atom. The van der Waals surface area contributed by atoms with Gasteiger partial charge in [-0.3, -0.25) is 9.97 Å². The molecule has 5 heterocycles. The van der Waals surface area contributed by atoms with Crippen LogP contribution in [-0.4, -0.2) is 19.1 Å². The minimum absolute atomic E-state index is 0.948. The molecule has 1 aliphatic carbocycles. The monoisotopic (exact) mass is 756 g/mol. The molecule has 0 saturated carbocycles. The zero-order valence-electron chi connectivity index (χ0n) is 31.2. The zero-order valence-corrected chi connectivity index (χ0v) is 32.0. The first-order valence-corrected chi connectivity index (χ1v) is 20.6. The van der Waals surface area contributed by atoms with Gasteiger partial charge in [-0.25, -0.2) is 0 Å². The van der Waals surface area contributed by atoms with Gasteiger partial charge >= 0.3 is 0 Å². The summed E-state index contributed by atoms with van der Waals surface area (Å²) in [7, 11) is 0. The summed E-state index contributed by atoms with van der Waals surface area (Å²) in [5, 5.41) is 4.91. The van der Waals surface area contributed by atoms with Crippen LogP contribution in [-0.2, 0) is 6.42 Å². The van der Waals surface area contributed by atoms with E-state index in [1.165, 1.54) is 86.5 Å². The highest BCUT2D eigenvalue weighted by molar-refractivity contribution is 7.25. The summed E-state index contributed by atoms with van der Waals surface area (Å²) in [6.07, 6.45) is 4.72. The normalized spacial score (nSPS) is 12.4. The highest BCUT2D eigenvalue weighted by Crippen LogP contribution is 2.43. The van der Waals surface area contributed by atoms with Gasteiger partial charge in [0.25, 0.3) is 0 Å². The van der Waals surface area contributed by atoms with Gasteiger partial charge in [-0.15, -0.1) is 11.3 Å². The number of thiophene rings is 1. The molecule has 0 atom stereocenters. The molecule has 4 nitrogen and oxygen atoms in total. The SMILES string of the molecule is c1cc(-c2ccc3c(c2)-c2cc(-n4c5ccccc5c5ncccc54)ccc2C3)cc(-c2ccc3sc4ccc(-n5c6ccccc6c6ncccc65)cc4c3c2)c1. The molecule has 0 unspecified atom stereocenters. The van der Waals surface area contributed by atoms with Crippen molar-refractivity contribution in [1.82, 2.24) is 19.1 Å². The average Bonchev–Trinajstić information content (AvgIpc) is 4.03. The van der Waals surface area contributed by atoms with Crippen molar-refractivity contribution in [3.63, 3.8) is 0 Å². The minimum atomic E-state index is 0.948. The van der Waals surface area contributed by atoms with Crippen molar-refractivity contribution in [2.24, 2.45) is 0 Å². The third-order valence-corrected chi connectivity index (χ3v) is 13.4. The number of hydrogen-bond donors (Lipinski definition) is 0. The molecule has 270 valence electrons. The number of hydrogen-bond acceptors (Lipinski definition) is 3. The van der Waals surface area contributed by atoms with Crippen LogP contribution in [0.5, 0.6) is 0 Å². The summed E-state index contributed by atoms with van der Waals surface area (Å²) >= 11 is 1.86. The fourth-order valence-electron chi connectivity index (χ4n) is 9.56. The van der Waals surface area contributed by atoms with E-state index < -0.39 is 0 Å². The van der Waals surface area contributed by atoms with Crippen LogP contribution in [0.25, 0.3) is 109 Å². The Morgan fingerprint density at radius 3 is 1.60 bits per heavy atom. The summed E-state index contributed by atoms with van der Waals surface area (Å²) in [4.78, 5) is 9.54. The molecule has 0 fully saturated rings.